The molecule has 5 aromatic rings. The number of carbonyl (C=O) groups is 1. The molecule has 0 saturated carbocycles. The second-order valence-corrected chi connectivity index (χ2v) is 11.0. The van der Waals surface area contributed by atoms with Crippen molar-refractivity contribution in [2.75, 3.05) is 13.1 Å². The van der Waals surface area contributed by atoms with E-state index in [0.29, 0.717) is 31.0 Å². The number of nitrogens with zero attached hydrogens (tertiary/aromatic N) is 8. The van der Waals surface area contributed by atoms with E-state index in [1.165, 1.54) is 0 Å². The van der Waals surface area contributed by atoms with E-state index in [1.54, 1.807) is 39.9 Å². The number of amides is 1. The lowest BCUT2D eigenvalue weighted by Gasteiger charge is -2.24. The molecule has 1 atom stereocenters. The first-order valence-corrected chi connectivity index (χ1v) is 12.9. The Morgan fingerprint density at radius 2 is 1.82 bits per heavy atom. The largest absolute Gasteiger partial charge is 0.444 e. The van der Waals surface area contributed by atoms with Crippen LogP contribution in [0.25, 0.3) is 44.6 Å². The molecule has 1 aliphatic rings. The summed E-state index contributed by atoms with van der Waals surface area (Å²) in [4.78, 5) is 41.4. The minimum atomic E-state index is -0.578. The predicted molar refractivity (Wildman–Crippen MR) is 147 cm³/mol. The van der Waals surface area contributed by atoms with E-state index in [-0.39, 0.29) is 17.8 Å². The van der Waals surface area contributed by atoms with Crippen molar-refractivity contribution in [1.29, 1.82) is 0 Å². The molecule has 0 bridgehead atoms. The topological polar surface area (TPSA) is 113 Å². The van der Waals surface area contributed by atoms with Gasteiger partial charge in [0.25, 0.3) is 0 Å². The molecule has 6 rings (SSSR count). The van der Waals surface area contributed by atoms with Gasteiger partial charge in [-0.2, -0.15) is 0 Å². The number of aromatic nitrogens is 7. The summed E-state index contributed by atoms with van der Waals surface area (Å²) in [5.41, 5.74) is 4.21. The standard InChI is InChI=1S/C28H30N8O3/c1-28(2,3)39-27(38)35-11-10-19(15-35)36-24-20-12-17(6-8-21(20)30-14-23(24)34(5)26(36)37)18-7-9-22(29-13-18)25-31-16-33(4)32-25/h6-9,12-14,16,19H,10-11,15H2,1-5H3. The van der Waals surface area contributed by atoms with Gasteiger partial charge in [-0.05, 0) is 51.0 Å². The van der Waals surface area contributed by atoms with Gasteiger partial charge in [0, 0.05) is 44.3 Å². The number of fused-ring (bicyclic) bond motifs is 3. The first kappa shape index (κ1) is 24.8. The molecule has 1 unspecified atom stereocenters. The van der Waals surface area contributed by atoms with Crippen LogP contribution in [0.5, 0.6) is 0 Å². The van der Waals surface area contributed by atoms with Crippen molar-refractivity contribution in [1.82, 2.24) is 38.8 Å². The van der Waals surface area contributed by atoms with Gasteiger partial charge < -0.3 is 9.64 Å². The second-order valence-electron chi connectivity index (χ2n) is 11.0. The zero-order chi connectivity index (χ0) is 27.5. The molecular formula is C28H30N8O3. The first-order valence-electron chi connectivity index (χ1n) is 12.9. The number of aryl methyl sites for hydroxylation is 2. The Labute approximate surface area is 224 Å². The molecule has 200 valence electrons. The molecule has 0 radical (unpaired) electrons. The summed E-state index contributed by atoms with van der Waals surface area (Å²) in [7, 11) is 3.58. The molecule has 0 N–H and O–H groups in total. The predicted octanol–water partition coefficient (Wildman–Crippen LogP) is 3.93. The fourth-order valence-corrected chi connectivity index (χ4v) is 5.14. The second kappa shape index (κ2) is 9.04. The molecule has 11 heteroatoms. The minimum absolute atomic E-state index is 0.130. The Morgan fingerprint density at radius 1 is 1.03 bits per heavy atom. The molecule has 0 aliphatic carbocycles. The zero-order valence-electron chi connectivity index (χ0n) is 22.6. The summed E-state index contributed by atoms with van der Waals surface area (Å²) < 4.78 is 10.7. The maximum absolute atomic E-state index is 13.5. The van der Waals surface area contributed by atoms with Crippen molar-refractivity contribution in [3.63, 3.8) is 0 Å². The van der Waals surface area contributed by atoms with Crippen molar-refractivity contribution in [2.24, 2.45) is 14.1 Å². The van der Waals surface area contributed by atoms with E-state index in [1.807, 2.05) is 56.7 Å². The number of benzene rings is 1. The maximum atomic E-state index is 13.5. The summed E-state index contributed by atoms with van der Waals surface area (Å²) in [6.07, 6.45) is 5.49. The van der Waals surface area contributed by atoms with E-state index in [4.69, 9.17) is 4.74 Å². The summed E-state index contributed by atoms with van der Waals surface area (Å²) in [6, 6.07) is 9.73. The molecule has 1 amide bonds. The lowest BCUT2D eigenvalue weighted by molar-refractivity contribution is 0.0289. The monoisotopic (exact) mass is 526 g/mol. The molecule has 0 spiro atoms. The van der Waals surface area contributed by atoms with Crippen molar-refractivity contribution in [2.45, 2.75) is 38.8 Å². The molecule has 4 aromatic heterocycles. The Kier molecular flexibility index (Phi) is 5.74. The SMILES string of the molecule is Cn1cnc(-c2ccc(-c3ccc4ncc5c(c4c3)n(C3CCN(C(=O)OC(C)(C)C)C3)c(=O)n5C)cn2)n1. The number of likely N-dealkylation sites (tertiary alicyclic amines) is 1. The van der Waals surface area contributed by atoms with Gasteiger partial charge in [0.1, 0.15) is 17.6 Å². The van der Waals surface area contributed by atoms with Crippen LogP contribution in [0.15, 0.2) is 53.8 Å². The summed E-state index contributed by atoms with van der Waals surface area (Å²) in [5.74, 6) is 0.568. The third-order valence-electron chi connectivity index (χ3n) is 7.02. The molecular weight excluding hydrogens is 496 g/mol. The fourth-order valence-electron chi connectivity index (χ4n) is 5.14. The highest BCUT2D eigenvalue weighted by Crippen LogP contribution is 2.32. The lowest BCUT2D eigenvalue weighted by Crippen LogP contribution is -2.36. The van der Waals surface area contributed by atoms with Crippen LogP contribution in [0.3, 0.4) is 0 Å². The maximum Gasteiger partial charge on any atom is 0.410 e. The smallest absolute Gasteiger partial charge is 0.410 e. The van der Waals surface area contributed by atoms with Gasteiger partial charge in [0.2, 0.25) is 0 Å². The van der Waals surface area contributed by atoms with Crippen molar-refractivity contribution in [3.8, 4) is 22.6 Å². The van der Waals surface area contributed by atoms with Crippen LogP contribution in [0.4, 0.5) is 4.79 Å². The third-order valence-corrected chi connectivity index (χ3v) is 7.02. The minimum Gasteiger partial charge on any atom is -0.444 e. The Morgan fingerprint density at radius 3 is 2.51 bits per heavy atom. The van der Waals surface area contributed by atoms with Crippen molar-refractivity contribution < 1.29 is 9.53 Å². The van der Waals surface area contributed by atoms with Crippen LogP contribution < -0.4 is 5.69 Å². The van der Waals surface area contributed by atoms with E-state index < -0.39 is 5.60 Å². The van der Waals surface area contributed by atoms with Crippen molar-refractivity contribution >= 4 is 28.0 Å². The van der Waals surface area contributed by atoms with E-state index in [9.17, 15) is 9.59 Å². The zero-order valence-corrected chi connectivity index (χ0v) is 22.6. The Hall–Kier alpha value is -4.54. The van der Waals surface area contributed by atoms with E-state index >= 15 is 0 Å². The van der Waals surface area contributed by atoms with Crippen LogP contribution >= 0.6 is 0 Å². The van der Waals surface area contributed by atoms with Gasteiger partial charge in [0.15, 0.2) is 5.82 Å². The number of ether oxygens (including phenoxy) is 1. The van der Waals surface area contributed by atoms with Crippen LogP contribution in [0.1, 0.15) is 33.2 Å². The molecule has 1 aromatic carbocycles. The third kappa shape index (κ3) is 4.43. The van der Waals surface area contributed by atoms with Gasteiger partial charge in [-0.25, -0.2) is 14.6 Å². The molecule has 11 nitrogen and oxygen atoms in total. The van der Waals surface area contributed by atoms with E-state index in [0.717, 1.165) is 33.1 Å². The highest BCUT2D eigenvalue weighted by Gasteiger charge is 2.33. The van der Waals surface area contributed by atoms with Crippen LogP contribution in [0.2, 0.25) is 0 Å². The summed E-state index contributed by atoms with van der Waals surface area (Å²) in [5, 5.41) is 5.19. The fraction of sp³-hybridized carbons (Fsp3) is 0.357. The first-order chi connectivity index (χ1) is 18.6. The van der Waals surface area contributed by atoms with Gasteiger partial charge in [0.05, 0.1) is 28.8 Å². The Bertz CT molecular complexity index is 1780. The average molecular weight is 527 g/mol. The normalized spacial score (nSPS) is 15.9. The van der Waals surface area contributed by atoms with Crippen LogP contribution in [0, 0.1) is 0 Å². The highest BCUT2D eigenvalue weighted by molar-refractivity contribution is 6.04. The number of imidazole rings is 1. The van der Waals surface area contributed by atoms with Gasteiger partial charge >= 0.3 is 11.8 Å². The molecule has 5 heterocycles. The number of carbonyl (C=O) groups excluding carboxylic acids is 1. The highest BCUT2D eigenvalue weighted by atomic mass is 16.6. The number of hydrogen-bond acceptors (Lipinski definition) is 7. The van der Waals surface area contributed by atoms with Gasteiger partial charge in [-0.15, -0.1) is 5.10 Å². The average Bonchev–Trinajstić information content (AvgIpc) is 3.62. The number of pyridine rings is 2. The lowest BCUT2D eigenvalue weighted by atomic mass is 10.0. The molecule has 1 aliphatic heterocycles. The molecule has 1 saturated heterocycles. The number of hydrogen-bond donors (Lipinski definition) is 0. The van der Waals surface area contributed by atoms with Crippen LogP contribution in [-0.2, 0) is 18.8 Å². The van der Waals surface area contributed by atoms with Gasteiger partial charge in [-0.1, -0.05) is 12.1 Å². The molecule has 39 heavy (non-hydrogen) atoms. The van der Waals surface area contributed by atoms with Crippen molar-refractivity contribution in [3.05, 3.63) is 59.5 Å². The Balaban J connectivity index is 1.40. The molecule has 1 fully saturated rings. The van der Waals surface area contributed by atoms with Gasteiger partial charge in [-0.3, -0.25) is 23.8 Å². The number of rotatable bonds is 3. The quantitative estimate of drug-likeness (QED) is 0.350. The van der Waals surface area contributed by atoms with Crippen LogP contribution in [-0.4, -0.2) is 63.6 Å². The summed E-state index contributed by atoms with van der Waals surface area (Å²) in [6.45, 7) is 6.48. The van der Waals surface area contributed by atoms with E-state index in [2.05, 4.69) is 26.1 Å². The summed E-state index contributed by atoms with van der Waals surface area (Å²) >= 11 is 0.